The van der Waals surface area contributed by atoms with Crippen molar-refractivity contribution in [3.05, 3.63) is 76.7 Å². The second kappa shape index (κ2) is 8.53. The van der Waals surface area contributed by atoms with Crippen LogP contribution in [0.15, 0.2) is 42.5 Å². The highest BCUT2D eigenvalue weighted by molar-refractivity contribution is 5.94. The zero-order chi connectivity index (χ0) is 25.0. The van der Waals surface area contributed by atoms with E-state index in [-0.39, 0.29) is 53.7 Å². The van der Waals surface area contributed by atoms with E-state index in [2.05, 4.69) is 24.0 Å². The van der Waals surface area contributed by atoms with Crippen molar-refractivity contribution in [2.75, 3.05) is 13.2 Å². The molecule has 2 atom stereocenters. The van der Waals surface area contributed by atoms with Gasteiger partial charge in [0.2, 0.25) is 0 Å². The van der Waals surface area contributed by atoms with Crippen molar-refractivity contribution in [1.82, 2.24) is 15.2 Å². The van der Waals surface area contributed by atoms with E-state index in [9.17, 15) is 23.8 Å². The van der Waals surface area contributed by atoms with E-state index in [4.69, 9.17) is 4.98 Å². The number of nitrogens with zero attached hydrogens (tertiary/aromatic N) is 3. The minimum absolute atomic E-state index is 0.00354. The Morgan fingerprint density at radius 2 is 1.77 bits per heavy atom. The van der Waals surface area contributed by atoms with E-state index in [0.717, 1.165) is 24.1 Å². The number of halogens is 2. The molecule has 3 aromatic rings. The molecule has 8 heteroatoms. The SMILES string of the molecule is CC1(C)[C@H]2CC[C@]1(c1cccc(C(=O)CC(CO)CO)n1)c1nnc(-c3c(F)cccc3F)cc12. The standard InChI is InChI=1S/C27H27F2N3O3/c1-26(2)17-9-10-27(26,23-8-4-7-20(30-23)22(35)11-15(13-33)14-34)25-16(17)12-21(31-32-25)24-18(28)5-3-6-19(24)29/h3-8,12,15,17,33-34H,9-11,13-14H2,1-2H3/t17-,27-/m0/s1. The number of pyridine rings is 1. The quantitative estimate of drug-likeness (QED) is 0.494. The van der Waals surface area contributed by atoms with Gasteiger partial charge in [-0.15, -0.1) is 5.10 Å². The number of Topliss-reactive ketones (excluding diaryl/α,β-unsaturated/α-hetero) is 1. The molecular weight excluding hydrogens is 452 g/mol. The second-order valence-corrected chi connectivity index (χ2v) is 10.1. The topological polar surface area (TPSA) is 96.2 Å². The molecule has 0 saturated heterocycles. The summed E-state index contributed by atoms with van der Waals surface area (Å²) in [5, 5.41) is 27.5. The van der Waals surface area contributed by atoms with Crippen molar-refractivity contribution in [3.8, 4) is 11.3 Å². The van der Waals surface area contributed by atoms with Crippen molar-refractivity contribution < 1.29 is 23.8 Å². The van der Waals surface area contributed by atoms with Crippen molar-refractivity contribution in [3.63, 3.8) is 0 Å². The fourth-order valence-electron chi connectivity index (χ4n) is 6.14. The summed E-state index contributed by atoms with van der Waals surface area (Å²) in [6.45, 7) is 3.71. The first kappa shape index (κ1) is 23.6. The number of aromatic nitrogens is 3. The van der Waals surface area contributed by atoms with E-state index in [1.807, 2.05) is 6.07 Å². The van der Waals surface area contributed by atoms with Crippen LogP contribution in [0, 0.1) is 23.0 Å². The third-order valence-electron chi connectivity index (χ3n) is 8.06. The average Bonchev–Trinajstić information content (AvgIpc) is 3.23. The molecule has 35 heavy (non-hydrogen) atoms. The lowest BCUT2D eigenvalue weighted by Gasteiger charge is -2.37. The number of ketones is 1. The van der Waals surface area contributed by atoms with Gasteiger partial charge < -0.3 is 10.2 Å². The zero-order valence-corrected chi connectivity index (χ0v) is 19.6. The summed E-state index contributed by atoms with van der Waals surface area (Å²) >= 11 is 0. The first-order valence-electron chi connectivity index (χ1n) is 11.8. The molecule has 2 aliphatic carbocycles. The van der Waals surface area contributed by atoms with Crippen LogP contribution in [0.1, 0.15) is 66.5 Å². The molecule has 182 valence electrons. The monoisotopic (exact) mass is 479 g/mol. The molecule has 2 heterocycles. The maximum absolute atomic E-state index is 14.4. The molecule has 0 spiro atoms. The lowest BCUT2D eigenvalue weighted by Crippen LogP contribution is -2.38. The van der Waals surface area contributed by atoms with Crippen LogP contribution in [0.5, 0.6) is 0 Å². The second-order valence-electron chi connectivity index (χ2n) is 10.1. The predicted molar refractivity (Wildman–Crippen MR) is 125 cm³/mol. The highest BCUT2D eigenvalue weighted by atomic mass is 19.1. The Morgan fingerprint density at radius 3 is 2.46 bits per heavy atom. The predicted octanol–water partition coefficient (Wildman–Crippen LogP) is 4.19. The Bertz CT molecular complexity index is 1290. The highest BCUT2D eigenvalue weighted by Gasteiger charge is 2.65. The van der Waals surface area contributed by atoms with E-state index < -0.39 is 23.0 Å². The first-order valence-corrected chi connectivity index (χ1v) is 11.8. The molecule has 2 bridgehead atoms. The van der Waals surface area contributed by atoms with Gasteiger partial charge in [-0.1, -0.05) is 26.0 Å². The Hall–Kier alpha value is -3.10. The Balaban J connectivity index is 1.60. The first-order chi connectivity index (χ1) is 16.7. The van der Waals surface area contributed by atoms with Crippen LogP contribution in [-0.2, 0) is 5.41 Å². The maximum Gasteiger partial charge on any atom is 0.181 e. The van der Waals surface area contributed by atoms with Crippen molar-refractivity contribution in [2.45, 2.75) is 44.4 Å². The number of aliphatic hydroxyl groups excluding tert-OH is 2. The highest BCUT2D eigenvalue weighted by Crippen LogP contribution is 2.69. The molecule has 2 aromatic heterocycles. The number of aliphatic hydroxyl groups is 2. The smallest absolute Gasteiger partial charge is 0.181 e. The number of rotatable bonds is 7. The summed E-state index contributed by atoms with van der Waals surface area (Å²) in [7, 11) is 0. The van der Waals surface area contributed by atoms with Gasteiger partial charge in [0, 0.05) is 25.6 Å². The van der Waals surface area contributed by atoms with Gasteiger partial charge in [0.05, 0.1) is 28.1 Å². The summed E-state index contributed by atoms with van der Waals surface area (Å²) < 4.78 is 28.9. The van der Waals surface area contributed by atoms with Crippen LogP contribution >= 0.6 is 0 Å². The van der Waals surface area contributed by atoms with E-state index in [1.165, 1.54) is 18.2 Å². The number of hydrogen-bond acceptors (Lipinski definition) is 6. The van der Waals surface area contributed by atoms with Crippen LogP contribution in [0.3, 0.4) is 0 Å². The number of benzene rings is 1. The van der Waals surface area contributed by atoms with Gasteiger partial charge in [-0.25, -0.2) is 13.8 Å². The van der Waals surface area contributed by atoms with E-state index in [0.29, 0.717) is 5.69 Å². The van der Waals surface area contributed by atoms with Crippen LogP contribution in [0.4, 0.5) is 8.78 Å². The molecule has 1 saturated carbocycles. The number of fused-ring (bicyclic) bond motifs is 5. The third kappa shape index (κ3) is 3.42. The summed E-state index contributed by atoms with van der Waals surface area (Å²) in [5.41, 5.74) is 1.68. The molecule has 1 aromatic carbocycles. The van der Waals surface area contributed by atoms with Gasteiger partial charge in [-0.05, 0) is 60.1 Å². The van der Waals surface area contributed by atoms with Gasteiger partial charge in [0.25, 0.3) is 0 Å². The lowest BCUT2D eigenvalue weighted by molar-refractivity contribution is 0.0873. The molecule has 0 aliphatic heterocycles. The van der Waals surface area contributed by atoms with Gasteiger partial charge in [-0.3, -0.25) is 4.79 Å². The minimum Gasteiger partial charge on any atom is -0.396 e. The number of hydrogen-bond donors (Lipinski definition) is 2. The van der Waals surface area contributed by atoms with Crippen LogP contribution < -0.4 is 0 Å². The van der Waals surface area contributed by atoms with Crippen molar-refractivity contribution in [1.29, 1.82) is 0 Å². The van der Waals surface area contributed by atoms with E-state index in [1.54, 1.807) is 18.2 Å². The van der Waals surface area contributed by atoms with Crippen molar-refractivity contribution in [2.24, 2.45) is 11.3 Å². The minimum atomic E-state index is -0.687. The summed E-state index contributed by atoms with van der Waals surface area (Å²) in [6.07, 6.45) is 1.61. The summed E-state index contributed by atoms with van der Waals surface area (Å²) in [5.74, 6) is -2.07. The zero-order valence-electron chi connectivity index (χ0n) is 19.6. The summed E-state index contributed by atoms with van der Waals surface area (Å²) in [6, 6.07) is 10.8. The molecule has 6 nitrogen and oxygen atoms in total. The van der Waals surface area contributed by atoms with Gasteiger partial charge in [-0.2, -0.15) is 5.10 Å². The fourth-order valence-corrected chi connectivity index (χ4v) is 6.14. The normalized spacial score (nSPS) is 22.0. The lowest BCUT2D eigenvalue weighted by atomic mass is 9.66. The molecule has 0 amide bonds. The summed E-state index contributed by atoms with van der Waals surface area (Å²) in [4.78, 5) is 17.6. The van der Waals surface area contributed by atoms with Crippen LogP contribution in [0.2, 0.25) is 0 Å². The average molecular weight is 480 g/mol. The largest absolute Gasteiger partial charge is 0.396 e. The fraction of sp³-hybridized carbons (Fsp3) is 0.407. The van der Waals surface area contributed by atoms with Crippen LogP contribution in [-0.4, -0.2) is 44.4 Å². The molecule has 5 rings (SSSR count). The Labute approximate surface area is 202 Å². The van der Waals surface area contributed by atoms with E-state index >= 15 is 0 Å². The molecule has 2 N–H and O–H groups in total. The third-order valence-corrected chi connectivity index (χ3v) is 8.06. The van der Waals surface area contributed by atoms with Gasteiger partial charge >= 0.3 is 0 Å². The van der Waals surface area contributed by atoms with Crippen molar-refractivity contribution >= 4 is 5.78 Å². The number of carbonyl (C=O) groups is 1. The molecule has 1 fully saturated rings. The van der Waals surface area contributed by atoms with Gasteiger partial charge in [0.15, 0.2) is 5.78 Å². The Morgan fingerprint density at radius 1 is 1.09 bits per heavy atom. The molecule has 0 radical (unpaired) electrons. The maximum atomic E-state index is 14.4. The molecule has 0 unspecified atom stereocenters. The van der Waals surface area contributed by atoms with Gasteiger partial charge in [0.1, 0.15) is 17.3 Å². The molecular formula is C27H27F2N3O3. The molecule has 2 aliphatic rings. The number of carbonyl (C=O) groups excluding carboxylic acids is 1. The van der Waals surface area contributed by atoms with Crippen LogP contribution in [0.25, 0.3) is 11.3 Å². The Kier molecular flexibility index (Phi) is 5.76.